The first-order valence-corrected chi connectivity index (χ1v) is 25.3. The summed E-state index contributed by atoms with van der Waals surface area (Å²) in [6, 6.07) is 70.2. The van der Waals surface area contributed by atoms with Crippen molar-refractivity contribution in [1.82, 2.24) is 0 Å². The Balaban J connectivity index is 1.08. The van der Waals surface area contributed by atoms with Gasteiger partial charge in [-0.15, -0.1) is 11.3 Å². The van der Waals surface area contributed by atoms with E-state index < -0.39 is 5.41 Å². The lowest BCUT2D eigenvalue weighted by Crippen LogP contribution is -2.60. The molecule has 4 aliphatic rings. The summed E-state index contributed by atoms with van der Waals surface area (Å²) in [6.07, 6.45) is 0. The second-order valence-electron chi connectivity index (χ2n) is 21.1. The van der Waals surface area contributed by atoms with Crippen LogP contribution in [0.3, 0.4) is 0 Å². The molecule has 9 aromatic carbocycles. The van der Waals surface area contributed by atoms with E-state index in [0.717, 1.165) is 0 Å². The van der Waals surface area contributed by atoms with Crippen LogP contribution in [-0.4, -0.2) is 6.71 Å². The highest BCUT2D eigenvalue weighted by Crippen LogP contribution is 2.64. The Hall–Kier alpha value is -7.40. The van der Waals surface area contributed by atoms with E-state index in [9.17, 15) is 0 Å². The van der Waals surface area contributed by atoms with E-state index >= 15 is 0 Å². The first kappa shape index (κ1) is 40.7. The molecule has 3 heterocycles. The number of hydrogen-bond donors (Lipinski definition) is 0. The number of rotatable bonds is 3. The van der Waals surface area contributed by atoms with Crippen molar-refractivity contribution >= 4 is 78.0 Å². The monoisotopic (exact) mass is 902 g/mol. The van der Waals surface area contributed by atoms with Gasteiger partial charge in [-0.3, -0.25) is 0 Å². The average Bonchev–Trinajstić information content (AvgIpc) is 3.96. The third kappa shape index (κ3) is 5.50. The molecule has 0 saturated carbocycles. The molecular weight excluding hydrogens is 852 g/mol. The topological polar surface area (TPSA) is 6.48 Å². The van der Waals surface area contributed by atoms with Crippen molar-refractivity contribution in [1.29, 1.82) is 0 Å². The second kappa shape index (κ2) is 14.3. The zero-order valence-corrected chi connectivity index (χ0v) is 41.0. The van der Waals surface area contributed by atoms with Gasteiger partial charge in [0, 0.05) is 43.3 Å². The second-order valence-corrected chi connectivity index (χ2v) is 22.2. The molecule has 69 heavy (non-hydrogen) atoms. The third-order valence-corrected chi connectivity index (χ3v) is 17.2. The van der Waals surface area contributed by atoms with E-state index in [1.165, 1.54) is 143 Å². The van der Waals surface area contributed by atoms with E-state index in [1.54, 1.807) is 0 Å². The molecule has 330 valence electrons. The first-order chi connectivity index (χ1) is 33.5. The van der Waals surface area contributed by atoms with E-state index in [2.05, 4.69) is 240 Å². The zero-order valence-electron chi connectivity index (χ0n) is 40.2. The minimum Gasteiger partial charge on any atom is -0.311 e. The lowest BCUT2D eigenvalue weighted by Gasteiger charge is -2.43. The van der Waals surface area contributed by atoms with Crippen LogP contribution in [0.5, 0.6) is 0 Å². The summed E-state index contributed by atoms with van der Waals surface area (Å²) in [7, 11) is 0. The molecule has 2 aliphatic carbocycles. The fourth-order valence-electron chi connectivity index (χ4n) is 13.0. The van der Waals surface area contributed by atoms with Crippen LogP contribution >= 0.6 is 11.3 Å². The lowest BCUT2D eigenvalue weighted by molar-refractivity contribution is 0.590. The van der Waals surface area contributed by atoms with Gasteiger partial charge in [-0.25, -0.2) is 0 Å². The number of nitrogens with zero attached hydrogens (tertiary/aromatic N) is 2. The molecule has 0 radical (unpaired) electrons. The fraction of sp³-hybridized carbons (Fsp3) is 0.138. The van der Waals surface area contributed by atoms with E-state index in [1.807, 2.05) is 11.3 Å². The first-order valence-electron chi connectivity index (χ1n) is 24.5. The Morgan fingerprint density at radius 3 is 1.80 bits per heavy atom. The zero-order chi connectivity index (χ0) is 46.7. The van der Waals surface area contributed by atoms with Crippen molar-refractivity contribution in [3.63, 3.8) is 0 Å². The predicted molar refractivity (Wildman–Crippen MR) is 295 cm³/mol. The third-order valence-electron chi connectivity index (χ3n) is 15.9. The van der Waals surface area contributed by atoms with Gasteiger partial charge in [0.2, 0.25) is 0 Å². The van der Waals surface area contributed by atoms with Crippen LogP contribution < -0.4 is 25.5 Å². The lowest BCUT2D eigenvalue weighted by atomic mass is 9.36. The van der Waals surface area contributed by atoms with Crippen LogP contribution in [0, 0.1) is 27.7 Å². The van der Waals surface area contributed by atoms with Crippen LogP contribution in [0.25, 0.3) is 43.5 Å². The number of anilines is 6. The summed E-state index contributed by atoms with van der Waals surface area (Å²) in [5, 5.41) is 1.31. The Labute approximate surface area is 410 Å². The molecule has 4 heteroatoms. The summed E-state index contributed by atoms with van der Waals surface area (Å²) >= 11 is 2.00. The van der Waals surface area contributed by atoms with Crippen molar-refractivity contribution in [3.8, 4) is 33.4 Å². The molecule has 2 aliphatic heterocycles. The largest absolute Gasteiger partial charge is 0.311 e. The molecule has 0 fully saturated rings. The SMILES string of the molecule is Cc1cc2c3c(c1)N(c1ccccc1)c1c(sc4cc5c(cc14)-c1ccc(C)cc1C51c4ccccc4-c4ccccc41)B3c1ccc(-c3c(C)cccc3C)cc1N2c1ccc(C(C)(C)C)cc1. The Bertz CT molecular complexity index is 3770. The van der Waals surface area contributed by atoms with Gasteiger partial charge < -0.3 is 9.80 Å². The summed E-state index contributed by atoms with van der Waals surface area (Å²) in [4.78, 5) is 5.19. The predicted octanol–water partition coefficient (Wildman–Crippen LogP) is 15.5. The Morgan fingerprint density at radius 1 is 0.478 bits per heavy atom. The maximum absolute atomic E-state index is 2.61. The highest BCUT2D eigenvalue weighted by Gasteiger charge is 2.53. The van der Waals surface area contributed by atoms with Gasteiger partial charge in [0.25, 0.3) is 6.71 Å². The van der Waals surface area contributed by atoms with E-state index in [4.69, 9.17) is 0 Å². The van der Waals surface area contributed by atoms with Gasteiger partial charge in [-0.2, -0.15) is 0 Å². The summed E-state index contributed by atoms with van der Waals surface area (Å²) in [6.45, 7) is 16.0. The van der Waals surface area contributed by atoms with Crippen molar-refractivity contribution in [2.24, 2.45) is 0 Å². The number of benzene rings is 9. The normalized spacial score (nSPS) is 14.3. The van der Waals surface area contributed by atoms with Crippen molar-refractivity contribution in [3.05, 3.63) is 232 Å². The van der Waals surface area contributed by atoms with Crippen molar-refractivity contribution in [2.75, 3.05) is 9.80 Å². The summed E-state index contributed by atoms with van der Waals surface area (Å²) < 4.78 is 2.72. The molecule has 1 aromatic heterocycles. The molecule has 14 rings (SSSR count). The molecule has 1 spiro atoms. The standard InChI is InChI=1S/C65H51BN2S/c1-38-24-30-48-49-36-50-59(37-54(49)65(53(48)32-38)51-22-13-11-20-46(51)47-21-12-14-23-52(47)65)69-63-62(50)68(44-18-9-8-10-19-44)58-34-39(2)33-57-61(58)66(63)55-31-25-42(60-40(3)16-15-17-41(60)4)35-56(55)67(57)45-28-26-43(27-29-45)64(5,6)7/h8-37H,1-7H3. The summed E-state index contributed by atoms with van der Waals surface area (Å²) in [5.74, 6) is 0. The van der Waals surface area contributed by atoms with Gasteiger partial charge in [0.1, 0.15) is 0 Å². The average molecular weight is 903 g/mol. The van der Waals surface area contributed by atoms with Crippen molar-refractivity contribution in [2.45, 2.75) is 59.3 Å². The highest BCUT2D eigenvalue weighted by molar-refractivity contribution is 7.33. The number of para-hydroxylation sites is 1. The Kier molecular flexibility index (Phi) is 8.44. The maximum Gasteiger partial charge on any atom is 0.264 e. The molecule has 0 N–H and O–H groups in total. The van der Waals surface area contributed by atoms with Crippen LogP contribution in [0.2, 0.25) is 0 Å². The van der Waals surface area contributed by atoms with Gasteiger partial charge >= 0.3 is 0 Å². The van der Waals surface area contributed by atoms with Crippen LogP contribution in [-0.2, 0) is 10.8 Å². The van der Waals surface area contributed by atoms with E-state index in [-0.39, 0.29) is 12.1 Å². The van der Waals surface area contributed by atoms with Crippen LogP contribution in [0.1, 0.15) is 70.8 Å². The number of fused-ring (bicyclic) bond motifs is 16. The Morgan fingerprint density at radius 2 is 1.10 bits per heavy atom. The number of hydrogen-bond acceptors (Lipinski definition) is 3. The molecule has 0 bridgehead atoms. The summed E-state index contributed by atoms with van der Waals surface area (Å²) in [5.41, 5.74) is 29.6. The van der Waals surface area contributed by atoms with Gasteiger partial charge in [0.05, 0.1) is 11.1 Å². The molecule has 0 atom stereocenters. The van der Waals surface area contributed by atoms with Crippen LogP contribution in [0.15, 0.2) is 182 Å². The van der Waals surface area contributed by atoms with Gasteiger partial charge in [-0.1, -0.05) is 154 Å². The van der Waals surface area contributed by atoms with Crippen LogP contribution in [0.4, 0.5) is 34.1 Å². The molecule has 10 aromatic rings. The molecule has 0 amide bonds. The molecule has 0 unspecified atom stereocenters. The van der Waals surface area contributed by atoms with Gasteiger partial charge in [0.15, 0.2) is 0 Å². The number of thiophene rings is 1. The quantitative estimate of drug-likeness (QED) is 0.163. The maximum atomic E-state index is 2.61. The highest BCUT2D eigenvalue weighted by atomic mass is 32.1. The smallest absolute Gasteiger partial charge is 0.264 e. The van der Waals surface area contributed by atoms with Gasteiger partial charge in [-0.05, 0) is 177 Å². The fourth-order valence-corrected chi connectivity index (χ4v) is 14.4. The minimum absolute atomic E-state index is 0.0155. The number of aryl methyl sites for hydroxylation is 4. The molecule has 0 saturated heterocycles. The van der Waals surface area contributed by atoms with E-state index in [0.29, 0.717) is 0 Å². The molecule has 2 nitrogen and oxygen atoms in total. The minimum atomic E-state index is -0.417. The molecular formula is C65H51BN2S. The van der Waals surface area contributed by atoms with Crippen molar-refractivity contribution < 1.29 is 0 Å².